The minimum Gasteiger partial charge on any atom is -0.464 e. The normalized spacial score (nSPS) is 48.5. The molecular weight excluding hydrogens is 359 g/mol. The Morgan fingerprint density at radius 1 is 1.39 bits per heavy atom. The van der Waals surface area contributed by atoms with E-state index in [1.807, 2.05) is 6.92 Å². The van der Waals surface area contributed by atoms with Gasteiger partial charge in [0.25, 0.3) is 0 Å². The van der Waals surface area contributed by atoms with Crippen molar-refractivity contribution < 1.29 is 29.6 Å². The number of ether oxygens (including phenoxy) is 1. The molecule has 0 aromatic heterocycles. The van der Waals surface area contributed by atoms with E-state index in [0.717, 1.165) is 0 Å². The van der Waals surface area contributed by atoms with Gasteiger partial charge in [0.1, 0.15) is 6.10 Å². The first-order valence-electron chi connectivity index (χ1n) is 9.86. The molecule has 28 heavy (non-hydrogen) atoms. The fourth-order valence-electron chi connectivity index (χ4n) is 6.71. The van der Waals surface area contributed by atoms with Gasteiger partial charge in [0.05, 0.1) is 12.0 Å². The van der Waals surface area contributed by atoms with Crippen molar-refractivity contribution in [1.82, 2.24) is 0 Å². The number of carbonyl (C=O) groups excluding carboxylic acids is 2. The molecule has 0 amide bonds. The van der Waals surface area contributed by atoms with Crippen LogP contribution in [-0.4, -0.2) is 59.2 Å². The van der Waals surface area contributed by atoms with E-state index in [9.17, 15) is 24.9 Å². The summed E-state index contributed by atoms with van der Waals surface area (Å²) in [6.45, 7) is 7.33. The van der Waals surface area contributed by atoms with Crippen LogP contribution in [0, 0.1) is 34.5 Å². The summed E-state index contributed by atoms with van der Waals surface area (Å²) in [5.41, 5.74) is -2.90. The predicted octanol–water partition coefficient (Wildman–Crippen LogP) is 1.13. The second kappa shape index (κ2) is 5.80. The molecule has 8 unspecified atom stereocenters. The maximum absolute atomic E-state index is 14.0. The van der Waals surface area contributed by atoms with Crippen molar-refractivity contribution in [2.75, 3.05) is 6.61 Å². The van der Waals surface area contributed by atoms with E-state index in [-0.39, 0.29) is 28.6 Å². The van der Waals surface area contributed by atoms with Crippen molar-refractivity contribution >= 4 is 19.5 Å². The van der Waals surface area contributed by atoms with E-state index in [4.69, 9.17) is 12.6 Å². The average Bonchev–Trinajstić information content (AvgIpc) is 3.10. The molecule has 0 heterocycles. The molecule has 8 atom stereocenters. The number of aliphatic hydroxyl groups is 3. The van der Waals surface area contributed by atoms with E-state index < -0.39 is 41.6 Å². The van der Waals surface area contributed by atoms with Crippen molar-refractivity contribution in [3.05, 3.63) is 23.3 Å². The molecule has 4 rings (SSSR count). The zero-order valence-electron chi connectivity index (χ0n) is 16.7. The minimum atomic E-state index is -2.12. The summed E-state index contributed by atoms with van der Waals surface area (Å²) in [5, 5.41) is 33.0. The van der Waals surface area contributed by atoms with E-state index in [2.05, 4.69) is 13.8 Å². The van der Waals surface area contributed by atoms with Crippen LogP contribution < -0.4 is 0 Å². The average molecular weight is 386 g/mol. The van der Waals surface area contributed by atoms with E-state index in [0.29, 0.717) is 17.9 Å². The zero-order valence-corrected chi connectivity index (χ0v) is 16.7. The third kappa shape index (κ3) is 2.10. The van der Waals surface area contributed by atoms with Gasteiger partial charge in [0, 0.05) is 5.92 Å². The first-order chi connectivity index (χ1) is 12.9. The molecule has 3 N–H and O–H groups in total. The highest BCUT2D eigenvalue weighted by Gasteiger charge is 2.76. The topological polar surface area (TPSA) is 104 Å². The summed E-state index contributed by atoms with van der Waals surface area (Å²) in [5.74, 6) is -1.70. The largest absolute Gasteiger partial charge is 0.464 e. The van der Waals surface area contributed by atoms with Crippen molar-refractivity contribution in [3.8, 4) is 0 Å². The number of hydrogen-bond acceptors (Lipinski definition) is 6. The van der Waals surface area contributed by atoms with Gasteiger partial charge in [0.2, 0.25) is 13.7 Å². The molecule has 150 valence electrons. The Balaban J connectivity index is 1.97. The summed E-state index contributed by atoms with van der Waals surface area (Å²) in [6, 6.07) is 0. The molecular formula is C21H27BO6. The highest BCUT2D eigenvalue weighted by atomic mass is 16.6. The number of ketones is 1. The molecule has 7 heteroatoms. The highest BCUT2D eigenvalue weighted by molar-refractivity contribution is 6.55. The zero-order chi connectivity index (χ0) is 20.8. The first-order valence-corrected chi connectivity index (χ1v) is 9.86. The fraction of sp³-hybridized carbons (Fsp3) is 0.714. The van der Waals surface area contributed by atoms with Gasteiger partial charge in [-0.05, 0) is 47.7 Å². The van der Waals surface area contributed by atoms with Crippen LogP contribution in [-0.2, 0) is 9.53 Å². The Labute approximate surface area is 166 Å². The first kappa shape index (κ1) is 19.9. The second-order valence-corrected chi connectivity index (χ2v) is 9.68. The summed E-state index contributed by atoms with van der Waals surface area (Å²) < 4.78 is 5.22. The molecule has 4 aliphatic carbocycles. The van der Waals surface area contributed by atoms with Crippen molar-refractivity contribution in [3.63, 3.8) is 0 Å². The Morgan fingerprint density at radius 3 is 2.61 bits per heavy atom. The standard InChI is InChI=1S/C21H27BO6/c1-9-7-20-10(2)5-13-14(19(13,3)4)12(16(20)25)6-11(8-23)15(24)21(20,27)17(9)28-18(22)26/h6-7,10,12-15,17,23-24,27H,5,8H2,1-4H3. The molecule has 2 radical (unpaired) electrons. The summed E-state index contributed by atoms with van der Waals surface area (Å²) >= 11 is 0. The number of allylic oxidation sites excluding steroid dienone is 1. The van der Waals surface area contributed by atoms with Crippen LogP contribution in [0.5, 0.6) is 0 Å². The molecule has 0 saturated heterocycles. The molecule has 6 nitrogen and oxygen atoms in total. The van der Waals surface area contributed by atoms with Gasteiger partial charge in [0.15, 0.2) is 17.5 Å². The van der Waals surface area contributed by atoms with Crippen LogP contribution in [0.2, 0.25) is 0 Å². The summed E-state index contributed by atoms with van der Waals surface area (Å²) in [6.07, 6.45) is 1.20. The maximum atomic E-state index is 14.0. The number of aliphatic hydroxyl groups excluding tert-OH is 2. The smallest absolute Gasteiger partial charge is 0.236 e. The quantitative estimate of drug-likeness (QED) is 0.486. The van der Waals surface area contributed by atoms with Gasteiger partial charge in [-0.25, -0.2) is 0 Å². The van der Waals surface area contributed by atoms with Crippen LogP contribution in [0.3, 0.4) is 0 Å². The third-order valence-corrected chi connectivity index (χ3v) is 8.13. The lowest BCUT2D eigenvalue weighted by Gasteiger charge is -2.48. The van der Waals surface area contributed by atoms with Gasteiger partial charge in [-0.15, -0.1) is 0 Å². The summed E-state index contributed by atoms with van der Waals surface area (Å²) in [7, 11) is 5.23. The van der Waals surface area contributed by atoms with Crippen LogP contribution in [0.25, 0.3) is 0 Å². The lowest BCUT2D eigenvalue weighted by atomic mass is 9.59. The lowest BCUT2D eigenvalue weighted by molar-refractivity contribution is -0.188. The molecule has 0 aliphatic heterocycles. The number of hydrogen-bond donors (Lipinski definition) is 3. The molecule has 2 saturated carbocycles. The number of Topliss-reactive ketones (excluding diaryl/α,β-unsaturated/α-hetero) is 1. The van der Waals surface area contributed by atoms with Crippen molar-refractivity contribution in [1.29, 1.82) is 0 Å². The monoisotopic (exact) mass is 386 g/mol. The Morgan fingerprint density at radius 2 is 2.04 bits per heavy atom. The molecule has 2 fully saturated rings. The number of carbonyl (C=O) groups is 2. The Hall–Kier alpha value is -1.44. The molecule has 2 bridgehead atoms. The molecule has 0 aromatic rings. The SMILES string of the molecule is [B]C(=O)OC1C(C)=CC23C(=O)C(C=C(CO)C(O)C12O)C1C(CC3C)C1(C)C. The number of fused-ring (bicyclic) bond motifs is 3. The van der Waals surface area contributed by atoms with Crippen LogP contribution >= 0.6 is 0 Å². The third-order valence-electron chi connectivity index (χ3n) is 8.13. The Kier molecular flexibility index (Phi) is 4.12. The van der Waals surface area contributed by atoms with Gasteiger partial charge in [-0.1, -0.05) is 32.9 Å². The molecule has 0 aromatic carbocycles. The maximum Gasteiger partial charge on any atom is 0.236 e. The second-order valence-electron chi connectivity index (χ2n) is 9.68. The van der Waals surface area contributed by atoms with Gasteiger partial charge in [-0.3, -0.25) is 9.59 Å². The predicted molar refractivity (Wildman–Crippen MR) is 101 cm³/mol. The lowest BCUT2D eigenvalue weighted by Crippen LogP contribution is -2.65. The molecule has 1 spiro atoms. The van der Waals surface area contributed by atoms with Gasteiger partial charge < -0.3 is 20.1 Å². The van der Waals surface area contributed by atoms with Crippen molar-refractivity contribution in [2.45, 2.75) is 51.9 Å². The van der Waals surface area contributed by atoms with E-state index in [1.165, 1.54) is 0 Å². The van der Waals surface area contributed by atoms with Gasteiger partial charge in [-0.2, -0.15) is 0 Å². The van der Waals surface area contributed by atoms with Crippen LogP contribution in [0.1, 0.15) is 34.1 Å². The van der Waals surface area contributed by atoms with Gasteiger partial charge >= 0.3 is 0 Å². The van der Waals surface area contributed by atoms with E-state index in [1.54, 1.807) is 19.1 Å². The highest BCUT2D eigenvalue weighted by Crippen LogP contribution is 2.71. The van der Waals surface area contributed by atoms with Crippen LogP contribution in [0.15, 0.2) is 23.3 Å². The van der Waals surface area contributed by atoms with Crippen molar-refractivity contribution in [2.24, 2.45) is 34.5 Å². The summed E-state index contributed by atoms with van der Waals surface area (Å²) in [4.78, 5) is 25.5. The van der Waals surface area contributed by atoms with E-state index >= 15 is 0 Å². The number of rotatable bonds is 2. The Bertz CT molecular complexity index is 816. The van der Waals surface area contributed by atoms with Crippen LogP contribution in [0.4, 0.5) is 4.79 Å². The fourth-order valence-corrected chi connectivity index (χ4v) is 6.71. The molecule has 4 aliphatic rings. The minimum absolute atomic E-state index is 0.0266.